The maximum Gasteiger partial charge on any atom is 0.137 e. The first-order valence-electron chi connectivity index (χ1n) is 6.58. The number of benzene rings is 2. The molecule has 0 unspecified atom stereocenters. The van der Waals surface area contributed by atoms with Gasteiger partial charge in [-0.25, -0.2) is 4.68 Å². The van der Waals surface area contributed by atoms with Crippen molar-refractivity contribution in [3.05, 3.63) is 78.1 Å². The van der Waals surface area contributed by atoms with Crippen LogP contribution in [-0.4, -0.2) is 9.78 Å². The van der Waals surface area contributed by atoms with Crippen LogP contribution in [0.4, 0.5) is 0 Å². The second-order valence-electron chi connectivity index (χ2n) is 4.51. The highest BCUT2D eigenvalue weighted by Crippen LogP contribution is 2.18. The summed E-state index contributed by atoms with van der Waals surface area (Å²) in [6.45, 7) is 0.429. The Bertz CT molecular complexity index is 755. The van der Waals surface area contributed by atoms with Crippen molar-refractivity contribution < 1.29 is 4.74 Å². The van der Waals surface area contributed by atoms with Gasteiger partial charge < -0.3 is 4.74 Å². The summed E-state index contributed by atoms with van der Waals surface area (Å²) >= 11 is 0. The molecule has 2 aromatic carbocycles. The van der Waals surface area contributed by atoms with Gasteiger partial charge in [0.05, 0.1) is 11.3 Å². The number of rotatable bonds is 4. The average Bonchev–Trinajstić information content (AvgIpc) is 3.08. The summed E-state index contributed by atoms with van der Waals surface area (Å²) in [5.41, 5.74) is 2.59. The van der Waals surface area contributed by atoms with Gasteiger partial charge in [-0.1, -0.05) is 24.3 Å². The molecule has 3 aromatic rings. The van der Waals surface area contributed by atoms with Crippen molar-refractivity contribution in [3.8, 4) is 17.5 Å². The van der Waals surface area contributed by atoms with E-state index in [2.05, 4.69) is 11.2 Å². The van der Waals surface area contributed by atoms with E-state index in [4.69, 9.17) is 10.00 Å². The predicted molar refractivity (Wildman–Crippen MR) is 79.1 cm³/mol. The summed E-state index contributed by atoms with van der Waals surface area (Å²) in [6, 6.07) is 19.2. The molecule has 0 saturated carbocycles. The van der Waals surface area contributed by atoms with Gasteiger partial charge in [-0.3, -0.25) is 0 Å². The van der Waals surface area contributed by atoms with Crippen LogP contribution in [0.15, 0.2) is 67.0 Å². The zero-order valence-corrected chi connectivity index (χ0v) is 11.3. The van der Waals surface area contributed by atoms with Crippen LogP contribution in [0, 0.1) is 11.3 Å². The topological polar surface area (TPSA) is 50.8 Å². The van der Waals surface area contributed by atoms with Crippen molar-refractivity contribution in [2.45, 2.75) is 6.61 Å². The van der Waals surface area contributed by atoms with Gasteiger partial charge in [0.1, 0.15) is 18.4 Å². The molecule has 1 aromatic heterocycles. The van der Waals surface area contributed by atoms with E-state index in [1.165, 1.54) is 0 Å². The number of aromatic nitrogens is 2. The molecule has 0 atom stereocenters. The molecule has 0 aliphatic heterocycles. The zero-order valence-electron chi connectivity index (χ0n) is 11.3. The lowest BCUT2D eigenvalue weighted by molar-refractivity contribution is 0.305. The third-order valence-corrected chi connectivity index (χ3v) is 3.11. The molecule has 0 fully saturated rings. The molecule has 4 heteroatoms. The maximum atomic E-state index is 9.02. The number of nitriles is 1. The fraction of sp³-hybridized carbons (Fsp3) is 0.0588. The second kappa shape index (κ2) is 5.93. The summed E-state index contributed by atoms with van der Waals surface area (Å²) in [7, 11) is 0. The molecule has 0 bridgehead atoms. The van der Waals surface area contributed by atoms with Crippen molar-refractivity contribution in [2.75, 3.05) is 0 Å². The standard InChI is InChI=1S/C17H13N3O/c18-12-15-4-1-2-5-17(15)21-13-14-6-8-16(9-7-14)20-11-3-10-19-20/h1-11H,13H2. The van der Waals surface area contributed by atoms with Gasteiger partial charge in [0.25, 0.3) is 0 Å². The second-order valence-corrected chi connectivity index (χ2v) is 4.51. The molecule has 0 radical (unpaired) electrons. The molecule has 3 rings (SSSR count). The van der Waals surface area contributed by atoms with Gasteiger partial charge in [0.15, 0.2) is 0 Å². The molecule has 0 N–H and O–H groups in total. The Balaban J connectivity index is 1.70. The fourth-order valence-electron chi connectivity index (χ4n) is 2.01. The van der Waals surface area contributed by atoms with Crippen LogP contribution in [-0.2, 0) is 6.61 Å². The van der Waals surface area contributed by atoms with E-state index in [1.807, 2.05) is 48.7 Å². The quantitative estimate of drug-likeness (QED) is 0.734. The summed E-state index contributed by atoms with van der Waals surface area (Å²) in [5.74, 6) is 0.608. The largest absolute Gasteiger partial charge is 0.488 e. The Hall–Kier alpha value is -3.06. The maximum absolute atomic E-state index is 9.02. The minimum Gasteiger partial charge on any atom is -0.488 e. The van der Waals surface area contributed by atoms with Crippen molar-refractivity contribution >= 4 is 0 Å². The van der Waals surface area contributed by atoms with Crippen LogP contribution < -0.4 is 4.74 Å². The van der Waals surface area contributed by atoms with E-state index in [0.29, 0.717) is 17.9 Å². The fourth-order valence-corrected chi connectivity index (χ4v) is 2.01. The Labute approximate surface area is 122 Å². The SMILES string of the molecule is N#Cc1ccccc1OCc1ccc(-n2cccn2)cc1. The van der Waals surface area contributed by atoms with Crippen LogP contribution in [0.2, 0.25) is 0 Å². The van der Waals surface area contributed by atoms with Crippen LogP contribution >= 0.6 is 0 Å². The van der Waals surface area contributed by atoms with Gasteiger partial charge in [-0.2, -0.15) is 10.4 Å². The molecule has 0 saturated heterocycles. The highest BCUT2D eigenvalue weighted by Gasteiger charge is 2.02. The van der Waals surface area contributed by atoms with Crippen molar-refractivity contribution in [1.29, 1.82) is 5.26 Å². The molecule has 0 aliphatic carbocycles. The van der Waals surface area contributed by atoms with Crippen LogP contribution in [0.25, 0.3) is 5.69 Å². The van der Waals surface area contributed by atoms with Gasteiger partial charge in [-0.05, 0) is 35.9 Å². The van der Waals surface area contributed by atoms with E-state index >= 15 is 0 Å². The lowest BCUT2D eigenvalue weighted by Gasteiger charge is -2.08. The Kier molecular flexibility index (Phi) is 3.66. The van der Waals surface area contributed by atoms with E-state index in [-0.39, 0.29) is 0 Å². The van der Waals surface area contributed by atoms with E-state index < -0.39 is 0 Å². The number of hydrogen-bond acceptors (Lipinski definition) is 3. The first-order valence-corrected chi connectivity index (χ1v) is 6.58. The molecule has 102 valence electrons. The molecule has 21 heavy (non-hydrogen) atoms. The van der Waals surface area contributed by atoms with Gasteiger partial charge in [0, 0.05) is 12.4 Å². The monoisotopic (exact) mass is 275 g/mol. The number of nitrogens with zero attached hydrogens (tertiary/aromatic N) is 3. The normalized spacial score (nSPS) is 10.0. The summed E-state index contributed by atoms with van der Waals surface area (Å²) in [6.07, 6.45) is 3.64. The molecule has 0 spiro atoms. The summed E-state index contributed by atoms with van der Waals surface area (Å²) in [4.78, 5) is 0. The Morgan fingerprint density at radius 1 is 1.05 bits per heavy atom. The molecular formula is C17H13N3O. The van der Waals surface area contributed by atoms with Crippen LogP contribution in [0.5, 0.6) is 5.75 Å². The lowest BCUT2D eigenvalue weighted by atomic mass is 10.2. The van der Waals surface area contributed by atoms with E-state index in [9.17, 15) is 0 Å². The summed E-state index contributed by atoms with van der Waals surface area (Å²) in [5, 5.41) is 13.2. The molecule has 1 heterocycles. The average molecular weight is 275 g/mol. The Morgan fingerprint density at radius 3 is 2.57 bits per heavy atom. The van der Waals surface area contributed by atoms with Crippen LogP contribution in [0.3, 0.4) is 0 Å². The highest BCUT2D eigenvalue weighted by atomic mass is 16.5. The molecule has 0 amide bonds. The number of para-hydroxylation sites is 1. The zero-order chi connectivity index (χ0) is 14.5. The first-order chi connectivity index (χ1) is 10.4. The van der Waals surface area contributed by atoms with Gasteiger partial charge >= 0.3 is 0 Å². The van der Waals surface area contributed by atoms with Crippen molar-refractivity contribution in [2.24, 2.45) is 0 Å². The lowest BCUT2D eigenvalue weighted by Crippen LogP contribution is -1.98. The first kappa shape index (κ1) is 12.9. The minimum atomic E-state index is 0.429. The highest BCUT2D eigenvalue weighted by molar-refractivity contribution is 5.42. The third kappa shape index (κ3) is 2.93. The van der Waals surface area contributed by atoms with Crippen molar-refractivity contribution in [3.63, 3.8) is 0 Å². The summed E-state index contributed by atoms with van der Waals surface area (Å²) < 4.78 is 7.50. The third-order valence-electron chi connectivity index (χ3n) is 3.11. The van der Waals surface area contributed by atoms with Gasteiger partial charge in [-0.15, -0.1) is 0 Å². The number of hydrogen-bond donors (Lipinski definition) is 0. The van der Waals surface area contributed by atoms with Crippen LogP contribution in [0.1, 0.15) is 11.1 Å². The Morgan fingerprint density at radius 2 is 1.86 bits per heavy atom. The molecule has 4 nitrogen and oxygen atoms in total. The smallest absolute Gasteiger partial charge is 0.137 e. The van der Waals surface area contributed by atoms with Gasteiger partial charge in [0.2, 0.25) is 0 Å². The molecule has 0 aliphatic rings. The molecular weight excluding hydrogens is 262 g/mol. The predicted octanol–water partition coefficient (Wildman–Crippen LogP) is 3.32. The number of ether oxygens (including phenoxy) is 1. The minimum absolute atomic E-state index is 0.429. The van der Waals surface area contributed by atoms with E-state index in [0.717, 1.165) is 11.3 Å². The van der Waals surface area contributed by atoms with E-state index in [1.54, 1.807) is 23.0 Å². The van der Waals surface area contributed by atoms with Crippen molar-refractivity contribution in [1.82, 2.24) is 9.78 Å².